The number of nitrogens with one attached hydrogen (secondary N) is 3. The molecule has 0 spiro atoms. The third-order valence-electron chi connectivity index (χ3n) is 4.17. The maximum absolute atomic E-state index is 11.1. The summed E-state index contributed by atoms with van der Waals surface area (Å²) < 4.78 is 0. The molecule has 1 fully saturated rings. The van der Waals surface area contributed by atoms with Gasteiger partial charge in [0.15, 0.2) is 5.50 Å². The molecule has 1 unspecified atom stereocenters. The standard InChI is InChI=1S/C17H25N5OS/c1-12-3-4-14(8-19-12)7-15-10-22(6-5-18-15)11-16-9-20-17(24-16)21-13(2)23/h3-4,8-9,15,17-18,20H,5-7,10-11H2,1-2H3,(H,21,23)/t15-,17?/m1/s1. The molecule has 2 aliphatic heterocycles. The van der Waals surface area contributed by atoms with Crippen molar-refractivity contribution >= 4 is 17.7 Å². The fourth-order valence-electron chi connectivity index (χ4n) is 3.03. The summed E-state index contributed by atoms with van der Waals surface area (Å²) in [5, 5.41) is 9.68. The molecule has 24 heavy (non-hydrogen) atoms. The molecule has 0 aliphatic carbocycles. The number of aryl methyl sites for hydroxylation is 1. The Bertz CT molecular complexity index is 604. The van der Waals surface area contributed by atoms with Crippen LogP contribution in [0.1, 0.15) is 18.2 Å². The van der Waals surface area contributed by atoms with Crippen LogP contribution in [0.4, 0.5) is 0 Å². The second-order valence-electron chi connectivity index (χ2n) is 6.37. The van der Waals surface area contributed by atoms with Gasteiger partial charge in [-0.15, -0.1) is 0 Å². The van der Waals surface area contributed by atoms with E-state index in [0.29, 0.717) is 6.04 Å². The average Bonchev–Trinajstić information content (AvgIpc) is 2.96. The fraction of sp³-hybridized carbons (Fsp3) is 0.529. The van der Waals surface area contributed by atoms with Crippen molar-refractivity contribution < 1.29 is 4.79 Å². The van der Waals surface area contributed by atoms with Crippen molar-refractivity contribution in [1.29, 1.82) is 0 Å². The van der Waals surface area contributed by atoms with E-state index >= 15 is 0 Å². The predicted octanol–water partition coefficient (Wildman–Crippen LogP) is 0.804. The SMILES string of the molecule is CC(=O)NC1NC=C(CN2CCN[C@H](Cc3ccc(C)nc3)C2)S1. The molecule has 2 atom stereocenters. The van der Waals surface area contributed by atoms with Gasteiger partial charge >= 0.3 is 0 Å². The molecule has 0 bridgehead atoms. The van der Waals surface area contributed by atoms with Gasteiger partial charge in [-0.1, -0.05) is 17.8 Å². The molecule has 2 aliphatic rings. The molecule has 130 valence electrons. The highest BCUT2D eigenvalue weighted by atomic mass is 32.2. The molecule has 1 amide bonds. The minimum Gasteiger partial charge on any atom is -0.362 e. The zero-order valence-electron chi connectivity index (χ0n) is 14.2. The summed E-state index contributed by atoms with van der Waals surface area (Å²) in [5.74, 6) is -0.0106. The van der Waals surface area contributed by atoms with Crippen LogP contribution in [0.25, 0.3) is 0 Å². The van der Waals surface area contributed by atoms with Crippen molar-refractivity contribution in [2.24, 2.45) is 0 Å². The Kier molecular flexibility index (Phi) is 5.76. The van der Waals surface area contributed by atoms with Gasteiger partial charge in [-0.2, -0.15) is 0 Å². The van der Waals surface area contributed by atoms with Gasteiger partial charge in [-0.3, -0.25) is 14.7 Å². The van der Waals surface area contributed by atoms with Crippen LogP contribution in [-0.4, -0.2) is 53.5 Å². The second-order valence-corrected chi connectivity index (χ2v) is 7.61. The Labute approximate surface area is 147 Å². The predicted molar refractivity (Wildman–Crippen MR) is 97.3 cm³/mol. The molecule has 1 saturated heterocycles. The van der Waals surface area contributed by atoms with Crippen LogP contribution in [0.15, 0.2) is 29.4 Å². The number of nitrogens with zero attached hydrogens (tertiary/aromatic N) is 2. The van der Waals surface area contributed by atoms with Gasteiger partial charge in [0.2, 0.25) is 5.91 Å². The number of amides is 1. The molecule has 0 aromatic carbocycles. The highest BCUT2D eigenvalue weighted by Gasteiger charge is 2.24. The van der Waals surface area contributed by atoms with Gasteiger partial charge in [0.1, 0.15) is 0 Å². The third kappa shape index (κ3) is 4.96. The van der Waals surface area contributed by atoms with Crippen LogP contribution >= 0.6 is 11.8 Å². The van der Waals surface area contributed by atoms with E-state index in [0.717, 1.165) is 38.3 Å². The number of rotatable bonds is 5. The highest BCUT2D eigenvalue weighted by Crippen LogP contribution is 2.25. The lowest BCUT2D eigenvalue weighted by Crippen LogP contribution is -2.51. The summed E-state index contributed by atoms with van der Waals surface area (Å²) >= 11 is 1.69. The molecule has 1 aromatic rings. The molecule has 0 saturated carbocycles. The van der Waals surface area contributed by atoms with Crippen molar-refractivity contribution in [2.45, 2.75) is 31.8 Å². The number of thioether (sulfide) groups is 1. The van der Waals surface area contributed by atoms with Gasteiger partial charge < -0.3 is 16.0 Å². The summed E-state index contributed by atoms with van der Waals surface area (Å²) in [5.41, 5.74) is 2.31. The molecule has 0 radical (unpaired) electrons. The first-order valence-corrected chi connectivity index (χ1v) is 9.22. The molecular formula is C17H25N5OS. The van der Waals surface area contributed by atoms with Crippen LogP contribution in [0.5, 0.6) is 0 Å². The second kappa shape index (κ2) is 8.00. The van der Waals surface area contributed by atoms with Crippen LogP contribution < -0.4 is 16.0 Å². The molecule has 3 heterocycles. The monoisotopic (exact) mass is 347 g/mol. The van der Waals surface area contributed by atoms with Crippen molar-refractivity contribution in [1.82, 2.24) is 25.8 Å². The molecule has 1 aromatic heterocycles. The van der Waals surface area contributed by atoms with E-state index in [4.69, 9.17) is 0 Å². The Morgan fingerprint density at radius 1 is 1.50 bits per heavy atom. The van der Waals surface area contributed by atoms with Gasteiger partial charge in [-0.25, -0.2) is 0 Å². The first-order chi connectivity index (χ1) is 11.6. The molecule has 7 heteroatoms. The van der Waals surface area contributed by atoms with E-state index in [9.17, 15) is 4.79 Å². The Morgan fingerprint density at radius 2 is 2.38 bits per heavy atom. The number of carbonyl (C=O) groups is 1. The van der Waals surface area contributed by atoms with Crippen LogP contribution in [0.3, 0.4) is 0 Å². The fourth-order valence-corrected chi connectivity index (χ4v) is 4.08. The molecule has 6 nitrogen and oxygen atoms in total. The maximum atomic E-state index is 11.1. The lowest BCUT2D eigenvalue weighted by Gasteiger charge is -2.33. The zero-order valence-corrected chi connectivity index (χ0v) is 15.0. The van der Waals surface area contributed by atoms with Gasteiger partial charge in [0.25, 0.3) is 0 Å². The number of piperazine rings is 1. The van der Waals surface area contributed by atoms with E-state index in [1.165, 1.54) is 10.5 Å². The number of pyridine rings is 1. The van der Waals surface area contributed by atoms with Gasteiger partial charge in [0, 0.05) is 62.1 Å². The van der Waals surface area contributed by atoms with E-state index in [-0.39, 0.29) is 11.4 Å². The topological polar surface area (TPSA) is 69.3 Å². The summed E-state index contributed by atoms with van der Waals surface area (Å²) in [6.45, 7) is 7.56. The summed E-state index contributed by atoms with van der Waals surface area (Å²) in [6, 6.07) is 4.69. The lowest BCUT2D eigenvalue weighted by molar-refractivity contribution is -0.119. The van der Waals surface area contributed by atoms with Crippen molar-refractivity contribution in [3.8, 4) is 0 Å². The first kappa shape index (κ1) is 17.3. The summed E-state index contributed by atoms with van der Waals surface area (Å²) in [6.07, 6.45) is 5.00. The lowest BCUT2D eigenvalue weighted by atomic mass is 10.1. The molecule has 3 N–H and O–H groups in total. The van der Waals surface area contributed by atoms with E-state index in [1.807, 2.05) is 19.3 Å². The largest absolute Gasteiger partial charge is 0.362 e. The van der Waals surface area contributed by atoms with E-state index < -0.39 is 0 Å². The first-order valence-electron chi connectivity index (χ1n) is 8.34. The van der Waals surface area contributed by atoms with Crippen LogP contribution in [0.2, 0.25) is 0 Å². The van der Waals surface area contributed by atoms with Gasteiger partial charge in [-0.05, 0) is 25.0 Å². The maximum Gasteiger partial charge on any atom is 0.219 e. The zero-order chi connectivity index (χ0) is 16.9. The van der Waals surface area contributed by atoms with Gasteiger partial charge in [0.05, 0.1) is 0 Å². The Morgan fingerprint density at radius 3 is 3.12 bits per heavy atom. The minimum atomic E-state index is -0.0326. The average molecular weight is 347 g/mol. The van der Waals surface area contributed by atoms with Crippen LogP contribution in [-0.2, 0) is 11.2 Å². The molecular weight excluding hydrogens is 322 g/mol. The van der Waals surface area contributed by atoms with E-state index in [2.05, 4.69) is 38.0 Å². The number of aromatic nitrogens is 1. The number of hydrogen-bond acceptors (Lipinski definition) is 6. The summed E-state index contributed by atoms with van der Waals surface area (Å²) in [7, 11) is 0. The Hall–Kier alpha value is -1.57. The number of carbonyl (C=O) groups excluding carboxylic acids is 1. The van der Waals surface area contributed by atoms with Crippen molar-refractivity contribution in [2.75, 3.05) is 26.2 Å². The van der Waals surface area contributed by atoms with Crippen molar-refractivity contribution in [3.63, 3.8) is 0 Å². The van der Waals surface area contributed by atoms with E-state index in [1.54, 1.807) is 18.7 Å². The number of hydrogen-bond donors (Lipinski definition) is 3. The molecule has 3 rings (SSSR count). The minimum absolute atomic E-state index is 0.0106. The smallest absolute Gasteiger partial charge is 0.219 e. The highest BCUT2D eigenvalue weighted by molar-refractivity contribution is 8.03. The quantitative estimate of drug-likeness (QED) is 0.732. The normalized spacial score (nSPS) is 24.3. The summed E-state index contributed by atoms with van der Waals surface area (Å²) in [4.78, 5) is 19.2. The third-order valence-corrected chi connectivity index (χ3v) is 5.21. The Balaban J connectivity index is 1.47. The van der Waals surface area contributed by atoms with Crippen LogP contribution in [0, 0.1) is 6.92 Å². The van der Waals surface area contributed by atoms with Crippen molar-refractivity contribution in [3.05, 3.63) is 40.7 Å².